The highest BCUT2D eigenvalue weighted by atomic mass is 15.4. The molecule has 0 spiro atoms. The third-order valence-electron chi connectivity index (χ3n) is 9.34. The van der Waals surface area contributed by atoms with Crippen LogP contribution in [0.15, 0.2) is 170 Å². The minimum Gasteiger partial charge on any atom is -0.310 e. The maximum Gasteiger partial charge on any atom is 0.0958 e. The van der Waals surface area contributed by atoms with E-state index >= 15 is 0 Å². The second-order valence-electron chi connectivity index (χ2n) is 11.9. The van der Waals surface area contributed by atoms with Gasteiger partial charge in [0.1, 0.15) is 0 Å². The topological polar surface area (TPSA) is 17.5 Å². The number of hydrogen-bond acceptors (Lipinski definition) is 1. The Balaban J connectivity index is 1.49. The molecule has 0 saturated heterocycles. The first-order valence-electron chi connectivity index (χ1n) is 15.7. The van der Waals surface area contributed by atoms with Crippen LogP contribution in [0.3, 0.4) is 0 Å². The molecular weight excluding hydrogens is 560 g/mol. The Bertz CT molecular complexity index is 2640. The lowest BCUT2D eigenvalue weighted by Crippen LogP contribution is -2.18. The predicted octanol–water partition coefficient (Wildman–Crippen LogP) is 11.0. The van der Waals surface area contributed by atoms with Crippen LogP contribution in [0, 0.1) is 0 Å². The molecule has 0 fully saturated rings. The highest BCUT2D eigenvalue weighted by Gasteiger charge is 2.26. The molecule has 1 aromatic heterocycles. The largest absolute Gasteiger partial charge is 0.310 e. The van der Waals surface area contributed by atoms with Crippen molar-refractivity contribution in [1.82, 2.24) is 13.8 Å². The Labute approximate surface area is 265 Å². The molecule has 2 aliphatic rings. The van der Waals surface area contributed by atoms with Crippen molar-refractivity contribution in [2.75, 3.05) is 4.90 Å². The first kappa shape index (κ1) is 25.1. The van der Waals surface area contributed by atoms with Gasteiger partial charge >= 0.3 is 0 Å². The summed E-state index contributed by atoms with van der Waals surface area (Å²) in [5, 5.41) is 4.96. The van der Waals surface area contributed by atoms with Crippen LogP contribution in [0.1, 0.15) is 0 Å². The summed E-state index contributed by atoms with van der Waals surface area (Å²) >= 11 is 0. The first-order valence-corrected chi connectivity index (χ1v) is 15.7. The summed E-state index contributed by atoms with van der Waals surface area (Å²) in [5.41, 5.74) is 11.5. The van der Waals surface area contributed by atoms with Gasteiger partial charge in [-0.05, 0) is 66.7 Å². The van der Waals surface area contributed by atoms with Crippen LogP contribution < -0.4 is 4.90 Å². The number of nitrogens with zero attached hydrogens (tertiary/aromatic N) is 4. The van der Waals surface area contributed by atoms with Crippen molar-refractivity contribution < 1.29 is 0 Å². The Morgan fingerprint density at radius 3 is 1.61 bits per heavy atom. The van der Waals surface area contributed by atoms with Gasteiger partial charge in [0.25, 0.3) is 0 Å². The van der Waals surface area contributed by atoms with Crippen molar-refractivity contribution in [3.05, 3.63) is 170 Å². The molecule has 0 amide bonds. The Morgan fingerprint density at radius 2 is 0.913 bits per heavy atom. The van der Waals surface area contributed by atoms with E-state index in [0.29, 0.717) is 0 Å². The van der Waals surface area contributed by atoms with Crippen molar-refractivity contribution in [2.24, 2.45) is 0 Å². The molecule has 3 heterocycles. The third kappa shape index (κ3) is 3.44. The molecule has 0 radical (unpaired) electrons. The van der Waals surface area contributed by atoms with Gasteiger partial charge in [-0.15, -0.1) is 0 Å². The fraction of sp³-hybridized carbons (Fsp3) is 0. The van der Waals surface area contributed by atoms with Crippen LogP contribution >= 0.6 is 0 Å². The zero-order valence-electron chi connectivity index (χ0n) is 25.0. The minimum atomic E-state index is 1.10. The molecule has 7 aromatic carbocycles. The lowest BCUT2D eigenvalue weighted by molar-refractivity contribution is 0.837. The number of aromatic nitrogens is 3. The van der Waals surface area contributed by atoms with Crippen molar-refractivity contribution >= 4 is 66.2 Å². The van der Waals surface area contributed by atoms with Gasteiger partial charge in [-0.3, -0.25) is 0 Å². The second-order valence-corrected chi connectivity index (χ2v) is 11.9. The van der Waals surface area contributed by atoms with Crippen molar-refractivity contribution in [3.8, 4) is 11.4 Å². The van der Waals surface area contributed by atoms with E-state index in [2.05, 4.69) is 189 Å². The molecule has 0 atom stereocenters. The molecule has 0 unspecified atom stereocenters. The second kappa shape index (κ2) is 9.62. The molecule has 0 aliphatic carbocycles. The molecule has 0 saturated carbocycles. The number of anilines is 3. The summed E-state index contributed by atoms with van der Waals surface area (Å²) in [4.78, 5) is 2.37. The highest BCUT2D eigenvalue weighted by molar-refractivity contribution is 6.20. The van der Waals surface area contributed by atoms with E-state index in [1.54, 1.807) is 0 Å². The molecule has 10 rings (SSSR count). The minimum absolute atomic E-state index is 1.10. The molecule has 216 valence electrons. The van der Waals surface area contributed by atoms with Crippen molar-refractivity contribution in [3.63, 3.8) is 0 Å². The van der Waals surface area contributed by atoms with Gasteiger partial charge in [0, 0.05) is 44.3 Å². The number of rotatable bonds is 4. The molecular formula is C42H28N4. The predicted molar refractivity (Wildman–Crippen MR) is 192 cm³/mol. The van der Waals surface area contributed by atoms with Gasteiger partial charge in [-0.1, -0.05) is 103 Å². The van der Waals surface area contributed by atoms with E-state index in [-0.39, 0.29) is 0 Å². The standard InChI is InChI=1S/C42H28N4/c1-4-15-29(16-5-1)43(30-17-6-2-7-18-30)32-27-36-35-23-14-22-34-33-21-10-11-24-37(33)45(41(34)35)46-39-26-13-12-25-38(39)44(40(28-32)42(36)46)31-19-8-3-9-20-31/h1-28H. The quantitative estimate of drug-likeness (QED) is 0.148. The molecule has 0 bridgehead atoms. The monoisotopic (exact) mass is 588 g/mol. The number of benzene rings is 7. The zero-order valence-corrected chi connectivity index (χ0v) is 25.0. The zero-order chi connectivity index (χ0) is 30.2. The van der Waals surface area contributed by atoms with Crippen LogP contribution in [0.2, 0.25) is 0 Å². The lowest BCUT2D eigenvalue weighted by atomic mass is 10.0. The van der Waals surface area contributed by atoms with E-state index in [9.17, 15) is 0 Å². The van der Waals surface area contributed by atoms with E-state index in [4.69, 9.17) is 0 Å². The Morgan fingerprint density at radius 1 is 0.370 bits per heavy atom. The van der Waals surface area contributed by atoms with Crippen LogP contribution in [0.5, 0.6) is 0 Å². The normalized spacial score (nSPS) is 11.9. The summed E-state index contributed by atoms with van der Waals surface area (Å²) in [6, 6.07) is 61.2. The summed E-state index contributed by atoms with van der Waals surface area (Å²) in [5.74, 6) is 0. The summed E-state index contributed by atoms with van der Waals surface area (Å²) in [6.45, 7) is 0. The summed E-state index contributed by atoms with van der Waals surface area (Å²) in [6.07, 6.45) is 0. The molecule has 4 heteroatoms. The van der Waals surface area contributed by atoms with Gasteiger partial charge in [0.15, 0.2) is 0 Å². The number of para-hydroxylation sites is 7. The maximum atomic E-state index is 2.45. The van der Waals surface area contributed by atoms with Crippen molar-refractivity contribution in [1.29, 1.82) is 0 Å². The van der Waals surface area contributed by atoms with Crippen LogP contribution in [0.25, 0.3) is 60.5 Å². The molecule has 8 aromatic rings. The van der Waals surface area contributed by atoms with E-state index in [0.717, 1.165) is 39.3 Å². The van der Waals surface area contributed by atoms with Crippen LogP contribution in [-0.4, -0.2) is 13.8 Å². The van der Waals surface area contributed by atoms with Crippen molar-refractivity contribution in [2.45, 2.75) is 0 Å². The van der Waals surface area contributed by atoms with Gasteiger partial charge in [0.05, 0.1) is 33.3 Å². The summed E-state index contributed by atoms with van der Waals surface area (Å²) < 4.78 is 7.33. The maximum absolute atomic E-state index is 2.45. The van der Waals surface area contributed by atoms with Gasteiger partial charge in [0.2, 0.25) is 0 Å². The van der Waals surface area contributed by atoms with Crippen LogP contribution in [-0.2, 0) is 0 Å². The summed E-state index contributed by atoms with van der Waals surface area (Å²) in [7, 11) is 0. The fourth-order valence-corrected chi connectivity index (χ4v) is 7.50. The lowest BCUT2D eigenvalue weighted by Gasteiger charge is -2.30. The van der Waals surface area contributed by atoms with E-state index in [1.807, 2.05) is 0 Å². The fourth-order valence-electron chi connectivity index (χ4n) is 7.50. The Kier molecular flexibility index (Phi) is 5.25. The third-order valence-corrected chi connectivity index (χ3v) is 9.34. The van der Waals surface area contributed by atoms with Crippen LogP contribution in [0.4, 0.5) is 17.1 Å². The van der Waals surface area contributed by atoms with Gasteiger partial charge < -0.3 is 9.47 Å². The molecule has 2 aliphatic heterocycles. The molecule has 0 N–H and O–H groups in total. The Hall–Kier alpha value is -6.26. The highest BCUT2D eigenvalue weighted by Crippen LogP contribution is 2.45. The number of fused-ring (bicyclic) bond motifs is 7. The average molecular weight is 589 g/mol. The number of hydrogen-bond donors (Lipinski definition) is 0. The van der Waals surface area contributed by atoms with Gasteiger partial charge in [-0.25, -0.2) is 9.20 Å². The SMILES string of the molecule is c1ccc(N(c2ccccc2)c2cc3c4c(c2)n(-c2ccccc2)c2ccccc2n-4n2c4ccccc4c4cccc3c42)cc1. The molecule has 4 nitrogen and oxygen atoms in total. The first-order chi connectivity index (χ1) is 22.9. The average Bonchev–Trinajstić information content (AvgIpc) is 3.46. The smallest absolute Gasteiger partial charge is 0.0958 e. The van der Waals surface area contributed by atoms with Gasteiger partial charge in [-0.2, -0.15) is 0 Å². The molecule has 46 heavy (non-hydrogen) atoms. The van der Waals surface area contributed by atoms with E-state index < -0.39 is 0 Å². The van der Waals surface area contributed by atoms with E-state index in [1.165, 1.54) is 38.3 Å².